The first-order chi connectivity index (χ1) is 13.8. The molecule has 0 fully saturated rings. The molecule has 138 valence electrons. The molecule has 0 atom stereocenters. The fourth-order valence-corrected chi connectivity index (χ4v) is 2.72. The minimum atomic E-state index is 0.205. The van der Waals surface area contributed by atoms with Gasteiger partial charge in [-0.15, -0.1) is 0 Å². The zero-order chi connectivity index (χ0) is 19.2. The van der Waals surface area contributed by atoms with Crippen LogP contribution in [-0.2, 0) is 6.61 Å². The highest BCUT2D eigenvalue weighted by Crippen LogP contribution is 2.25. The van der Waals surface area contributed by atoms with Crippen LogP contribution in [0.3, 0.4) is 0 Å². The standard InChI is InChI=1S/C23H19N3O2/c27-20-13-11-19(12-14-20)24-23-25-21(18-9-5-2-6-10-18)15-22(26-23)28-16-17-7-3-1-4-8-17/h1-15,27H,16H2,(H,24,25,26). The summed E-state index contributed by atoms with van der Waals surface area (Å²) in [5.74, 6) is 1.12. The first-order valence-corrected chi connectivity index (χ1v) is 8.93. The Balaban J connectivity index is 1.63. The van der Waals surface area contributed by atoms with E-state index in [4.69, 9.17) is 4.74 Å². The van der Waals surface area contributed by atoms with Gasteiger partial charge in [-0.05, 0) is 29.8 Å². The SMILES string of the molecule is Oc1ccc(Nc2nc(OCc3ccccc3)cc(-c3ccccc3)n2)cc1. The summed E-state index contributed by atoms with van der Waals surface area (Å²) >= 11 is 0. The summed E-state index contributed by atoms with van der Waals surface area (Å²) < 4.78 is 5.92. The van der Waals surface area contributed by atoms with Crippen LogP contribution >= 0.6 is 0 Å². The third kappa shape index (κ3) is 4.45. The Morgan fingerprint density at radius 1 is 0.786 bits per heavy atom. The summed E-state index contributed by atoms with van der Waals surface area (Å²) in [6.07, 6.45) is 0. The Kier molecular flexibility index (Phi) is 5.15. The summed E-state index contributed by atoms with van der Waals surface area (Å²) in [7, 11) is 0. The number of phenols is 1. The number of ether oxygens (including phenoxy) is 1. The van der Waals surface area contributed by atoms with Crippen molar-refractivity contribution in [1.82, 2.24) is 9.97 Å². The Hall–Kier alpha value is -3.86. The third-order valence-corrected chi connectivity index (χ3v) is 4.13. The number of benzene rings is 3. The van der Waals surface area contributed by atoms with E-state index >= 15 is 0 Å². The smallest absolute Gasteiger partial charge is 0.231 e. The van der Waals surface area contributed by atoms with Crippen molar-refractivity contribution in [3.63, 3.8) is 0 Å². The zero-order valence-electron chi connectivity index (χ0n) is 15.1. The monoisotopic (exact) mass is 369 g/mol. The van der Waals surface area contributed by atoms with E-state index in [1.807, 2.05) is 66.7 Å². The Labute approximate surface area is 163 Å². The van der Waals surface area contributed by atoms with E-state index in [0.29, 0.717) is 18.4 Å². The van der Waals surface area contributed by atoms with Crippen molar-refractivity contribution >= 4 is 11.6 Å². The van der Waals surface area contributed by atoms with Gasteiger partial charge in [0.15, 0.2) is 0 Å². The lowest BCUT2D eigenvalue weighted by Gasteiger charge is -2.11. The molecule has 28 heavy (non-hydrogen) atoms. The molecule has 0 unspecified atom stereocenters. The molecule has 4 rings (SSSR count). The first kappa shape index (κ1) is 17.5. The highest BCUT2D eigenvalue weighted by atomic mass is 16.5. The molecule has 0 aliphatic carbocycles. The number of hydrogen-bond donors (Lipinski definition) is 2. The summed E-state index contributed by atoms with van der Waals surface area (Å²) in [6.45, 7) is 0.421. The van der Waals surface area contributed by atoms with Crippen LogP contribution in [0.4, 0.5) is 11.6 Å². The lowest BCUT2D eigenvalue weighted by molar-refractivity contribution is 0.294. The van der Waals surface area contributed by atoms with E-state index < -0.39 is 0 Å². The van der Waals surface area contributed by atoms with Crippen LogP contribution in [0, 0.1) is 0 Å². The van der Waals surface area contributed by atoms with Gasteiger partial charge in [0.1, 0.15) is 12.4 Å². The van der Waals surface area contributed by atoms with E-state index in [-0.39, 0.29) is 5.75 Å². The van der Waals surface area contributed by atoms with Gasteiger partial charge < -0.3 is 15.2 Å². The molecule has 0 radical (unpaired) electrons. The maximum atomic E-state index is 9.46. The molecule has 1 aromatic heterocycles. The van der Waals surface area contributed by atoms with Crippen LogP contribution in [0.15, 0.2) is 91.0 Å². The van der Waals surface area contributed by atoms with E-state index in [1.165, 1.54) is 0 Å². The molecule has 0 amide bonds. The number of nitrogens with zero attached hydrogens (tertiary/aromatic N) is 2. The highest BCUT2D eigenvalue weighted by Gasteiger charge is 2.09. The summed E-state index contributed by atoms with van der Waals surface area (Å²) in [4.78, 5) is 9.10. The maximum absolute atomic E-state index is 9.46. The average molecular weight is 369 g/mol. The molecule has 5 heteroatoms. The fraction of sp³-hybridized carbons (Fsp3) is 0.0435. The van der Waals surface area contributed by atoms with Gasteiger partial charge in [0, 0.05) is 17.3 Å². The van der Waals surface area contributed by atoms with Gasteiger partial charge in [-0.1, -0.05) is 60.7 Å². The Bertz CT molecular complexity index is 1040. The van der Waals surface area contributed by atoms with Gasteiger partial charge in [-0.2, -0.15) is 4.98 Å². The van der Waals surface area contributed by atoms with Crippen molar-refractivity contribution in [2.24, 2.45) is 0 Å². The lowest BCUT2D eigenvalue weighted by atomic mass is 10.1. The zero-order valence-corrected chi connectivity index (χ0v) is 15.1. The van der Waals surface area contributed by atoms with Crippen molar-refractivity contribution in [2.75, 3.05) is 5.32 Å². The van der Waals surface area contributed by atoms with Gasteiger partial charge in [-0.25, -0.2) is 4.98 Å². The average Bonchev–Trinajstić information content (AvgIpc) is 2.75. The van der Waals surface area contributed by atoms with Gasteiger partial charge in [-0.3, -0.25) is 0 Å². The molecule has 0 aliphatic rings. The second kappa shape index (κ2) is 8.22. The highest BCUT2D eigenvalue weighted by molar-refractivity contribution is 5.63. The van der Waals surface area contributed by atoms with Crippen molar-refractivity contribution in [3.8, 4) is 22.9 Å². The summed E-state index contributed by atoms with van der Waals surface area (Å²) in [6, 6.07) is 28.4. The first-order valence-electron chi connectivity index (χ1n) is 8.93. The van der Waals surface area contributed by atoms with E-state index in [2.05, 4.69) is 15.3 Å². The second-order valence-corrected chi connectivity index (χ2v) is 6.23. The van der Waals surface area contributed by atoms with Gasteiger partial charge >= 0.3 is 0 Å². The molecule has 0 spiro atoms. The van der Waals surface area contributed by atoms with Crippen LogP contribution in [0.25, 0.3) is 11.3 Å². The largest absolute Gasteiger partial charge is 0.508 e. The van der Waals surface area contributed by atoms with Gasteiger partial charge in [0.25, 0.3) is 0 Å². The quantitative estimate of drug-likeness (QED) is 0.459. The van der Waals surface area contributed by atoms with E-state index in [0.717, 1.165) is 22.5 Å². The molecule has 2 N–H and O–H groups in total. The van der Waals surface area contributed by atoms with Crippen LogP contribution in [0.1, 0.15) is 5.56 Å². The topological polar surface area (TPSA) is 67.3 Å². The van der Waals surface area contributed by atoms with Crippen LogP contribution in [0.2, 0.25) is 0 Å². The van der Waals surface area contributed by atoms with E-state index in [1.54, 1.807) is 24.3 Å². The van der Waals surface area contributed by atoms with E-state index in [9.17, 15) is 5.11 Å². The van der Waals surface area contributed by atoms with Crippen molar-refractivity contribution in [2.45, 2.75) is 6.61 Å². The maximum Gasteiger partial charge on any atom is 0.231 e. The lowest BCUT2D eigenvalue weighted by Crippen LogP contribution is -2.03. The molecule has 0 bridgehead atoms. The van der Waals surface area contributed by atoms with Crippen molar-refractivity contribution in [1.29, 1.82) is 0 Å². The molecule has 0 saturated heterocycles. The molecule has 1 heterocycles. The second-order valence-electron chi connectivity index (χ2n) is 6.23. The number of anilines is 2. The molecule has 4 aromatic rings. The Morgan fingerprint density at radius 2 is 1.46 bits per heavy atom. The van der Waals surface area contributed by atoms with Crippen LogP contribution in [0.5, 0.6) is 11.6 Å². The molecule has 5 nitrogen and oxygen atoms in total. The third-order valence-electron chi connectivity index (χ3n) is 4.13. The number of nitrogens with one attached hydrogen (secondary N) is 1. The van der Waals surface area contributed by atoms with Crippen LogP contribution in [-0.4, -0.2) is 15.1 Å². The molecular formula is C23H19N3O2. The predicted octanol–water partition coefficient (Wildman–Crippen LogP) is 5.17. The normalized spacial score (nSPS) is 10.4. The minimum absolute atomic E-state index is 0.205. The summed E-state index contributed by atoms with van der Waals surface area (Å²) in [5.41, 5.74) is 3.58. The molecule has 3 aromatic carbocycles. The van der Waals surface area contributed by atoms with Gasteiger partial charge in [0.05, 0.1) is 5.69 Å². The van der Waals surface area contributed by atoms with Crippen LogP contribution < -0.4 is 10.1 Å². The number of aromatic hydroxyl groups is 1. The molecule has 0 saturated carbocycles. The van der Waals surface area contributed by atoms with Crippen molar-refractivity contribution in [3.05, 3.63) is 96.6 Å². The molecular weight excluding hydrogens is 350 g/mol. The number of hydrogen-bond acceptors (Lipinski definition) is 5. The predicted molar refractivity (Wildman–Crippen MR) is 110 cm³/mol. The number of rotatable bonds is 6. The number of aromatic nitrogens is 2. The minimum Gasteiger partial charge on any atom is -0.508 e. The fourth-order valence-electron chi connectivity index (χ4n) is 2.72. The Morgan fingerprint density at radius 3 is 2.18 bits per heavy atom. The number of phenolic OH excluding ortho intramolecular Hbond substituents is 1. The summed E-state index contributed by atoms with van der Waals surface area (Å²) in [5, 5.41) is 12.6. The molecule has 0 aliphatic heterocycles. The van der Waals surface area contributed by atoms with Crippen molar-refractivity contribution < 1.29 is 9.84 Å². The van der Waals surface area contributed by atoms with Gasteiger partial charge in [0.2, 0.25) is 11.8 Å².